The molecule has 0 bridgehead atoms. The Morgan fingerprint density at radius 1 is 0.818 bits per heavy atom. The lowest BCUT2D eigenvalue weighted by atomic mass is 10.0. The average Bonchev–Trinajstić information content (AvgIpc) is 3.25. The van der Waals surface area contributed by atoms with Crippen molar-refractivity contribution in [2.24, 2.45) is 0 Å². The van der Waals surface area contributed by atoms with E-state index in [2.05, 4.69) is 77.0 Å². The summed E-state index contributed by atoms with van der Waals surface area (Å²) in [4.78, 5) is 4.89. The van der Waals surface area contributed by atoms with Crippen molar-refractivity contribution in [1.29, 1.82) is 0 Å². The third-order valence-electron chi connectivity index (χ3n) is 6.52. The van der Waals surface area contributed by atoms with Gasteiger partial charge in [0.25, 0.3) is 0 Å². The van der Waals surface area contributed by atoms with Gasteiger partial charge in [-0.05, 0) is 54.9 Å². The topological polar surface area (TPSA) is 24.3 Å². The molecule has 5 rings (SSSR count). The monoisotopic (exact) mass is 440 g/mol. The van der Waals surface area contributed by atoms with Gasteiger partial charge in [-0.1, -0.05) is 48.5 Å². The molecule has 0 unspecified atom stereocenters. The van der Waals surface area contributed by atoms with Gasteiger partial charge in [0.15, 0.2) is 0 Å². The van der Waals surface area contributed by atoms with Crippen LogP contribution in [0.2, 0.25) is 0 Å². The molecule has 1 saturated heterocycles. The SMILES string of the molecule is Cc1ccccc1-c1c(CN2CCN(C)CC2)cnn1-c1ccc(-c2ccc(F)cc2)cc1. The number of hydrogen-bond donors (Lipinski definition) is 0. The highest BCUT2D eigenvalue weighted by Crippen LogP contribution is 2.31. The first kappa shape index (κ1) is 21.6. The Morgan fingerprint density at radius 2 is 1.45 bits per heavy atom. The third-order valence-corrected chi connectivity index (χ3v) is 6.52. The molecule has 0 radical (unpaired) electrons. The number of hydrogen-bond acceptors (Lipinski definition) is 3. The minimum absolute atomic E-state index is 0.220. The molecule has 0 spiro atoms. The highest BCUT2D eigenvalue weighted by atomic mass is 19.1. The van der Waals surface area contributed by atoms with E-state index in [-0.39, 0.29) is 5.82 Å². The highest BCUT2D eigenvalue weighted by Gasteiger charge is 2.20. The van der Waals surface area contributed by atoms with E-state index < -0.39 is 0 Å². The van der Waals surface area contributed by atoms with Crippen LogP contribution in [0.5, 0.6) is 0 Å². The Kier molecular flexibility index (Phi) is 6.07. The van der Waals surface area contributed by atoms with Crippen LogP contribution in [0.4, 0.5) is 4.39 Å². The molecule has 1 aliphatic rings. The highest BCUT2D eigenvalue weighted by molar-refractivity contribution is 5.70. The molecular formula is C28H29FN4. The van der Waals surface area contributed by atoms with Crippen molar-refractivity contribution >= 4 is 0 Å². The summed E-state index contributed by atoms with van der Waals surface area (Å²) in [5, 5.41) is 4.83. The van der Waals surface area contributed by atoms with E-state index in [0.717, 1.165) is 55.2 Å². The van der Waals surface area contributed by atoms with Crippen molar-refractivity contribution in [1.82, 2.24) is 19.6 Å². The van der Waals surface area contributed by atoms with Crippen LogP contribution in [-0.2, 0) is 6.54 Å². The Labute approximate surface area is 194 Å². The molecule has 3 aromatic carbocycles. The second-order valence-electron chi connectivity index (χ2n) is 8.88. The first-order chi connectivity index (χ1) is 16.1. The number of aryl methyl sites for hydroxylation is 1. The molecule has 4 nitrogen and oxygen atoms in total. The fourth-order valence-electron chi connectivity index (χ4n) is 4.50. The number of likely N-dealkylation sites (N-methyl/N-ethyl adjacent to an activating group) is 1. The van der Waals surface area contributed by atoms with Gasteiger partial charge in [0.2, 0.25) is 0 Å². The fraction of sp³-hybridized carbons (Fsp3) is 0.250. The summed E-state index contributed by atoms with van der Waals surface area (Å²) < 4.78 is 15.4. The zero-order chi connectivity index (χ0) is 22.8. The van der Waals surface area contributed by atoms with E-state index >= 15 is 0 Å². The Bertz CT molecular complexity index is 1220. The van der Waals surface area contributed by atoms with Crippen molar-refractivity contribution in [2.75, 3.05) is 33.2 Å². The summed E-state index contributed by atoms with van der Waals surface area (Å²) in [6, 6.07) is 23.5. The van der Waals surface area contributed by atoms with Gasteiger partial charge in [-0.3, -0.25) is 4.90 Å². The zero-order valence-corrected chi connectivity index (χ0v) is 19.2. The molecule has 4 aromatic rings. The molecule has 1 aliphatic heterocycles. The van der Waals surface area contributed by atoms with Crippen molar-refractivity contribution in [3.05, 3.63) is 95.9 Å². The maximum absolute atomic E-state index is 13.3. The molecule has 1 fully saturated rings. The smallest absolute Gasteiger partial charge is 0.123 e. The largest absolute Gasteiger partial charge is 0.304 e. The van der Waals surface area contributed by atoms with Crippen LogP contribution in [0.3, 0.4) is 0 Å². The van der Waals surface area contributed by atoms with Crippen LogP contribution < -0.4 is 0 Å². The quantitative estimate of drug-likeness (QED) is 0.415. The summed E-state index contributed by atoms with van der Waals surface area (Å²) in [5.74, 6) is -0.220. The Morgan fingerprint density at radius 3 is 2.12 bits per heavy atom. The number of halogens is 1. The summed E-state index contributed by atoms with van der Waals surface area (Å²) in [6.45, 7) is 7.38. The first-order valence-electron chi connectivity index (χ1n) is 11.5. The van der Waals surface area contributed by atoms with E-state index in [1.807, 2.05) is 18.3 Å². The predicted octanol–water partition coefficient (Wildman–Crippen LogP) is 5.40. The average molecular weight is 441 g/mol. The van der Waals surface area contributed by atoms with Crippen molar-refractivity contribution in [3.8, 4) is 28.1 Å². The van der Waals surface area contributed by atoms with Gasteiger partial charge in [0, 0.05) is 43.9 Å². The Hall–Kier alpha value is -3.28. The molecule has 33 heavy (non-hydrogen) atoms. The lowest BCUT2D eigenvalue weighted by Gasteiger charge is -2.32. The summed E-state index contributed by atoms with van der Waals surface area (Å²) in [6.07, 6.45) is 2.02. The van der Waals surface area contributed by atoms with E-state index in [0.29, 0.717) is 0 Å². The van der Waals surface area contributed by atoms with Crippen molar-refractivity contribution in [2.45, 2.75) is 13.5 Å². The zero-order valence-electron chi connectivity index (χ0n) is 19.2. The van der Waals surface area contributed by atoms with Crippen LogP contribution >= 0.6 is 0 Å². The van der Waals surface area contributed by atoms with Gasteiger partial charge in [0.1, 0.15) is 5.82 Å². The molecule has 1 aromatic heterocycles. The third kappa shape index (κ3) is 4.61. The summed E-state index contributed by atoms with van der Waals surface area (Å²) in [7, 11) is 2.18. The minimum atomic E-state index is -0.220. The lowest BCUT2D eigenvalue weighted by molar-refractivity contribution is 0.148. The molecule has 0 aliphatic carbocycles. The molecule has 0 N–H and O–H groups in total. The predicted molar refractivity (Wildman–Crippen MR) is 132 cm³/mol. The first-order valence-corrected chi connectivity index (χ1v) is 11.5. The number of rotatable bonds is 5. The van der Waals surface area contributed by atoms with Gasteiger partial charge in [-0.25, -0.2) is 9.07 Å². The van der Waals surface area contributed by atoms with Gasteiger partial charge in [-0.15, -0.1) is 0 Å². The van der Waals surface area contributed by atoms with Crippen molar-refractivity contribution < 1.29 is 4.39 Å². The number of piperazine rings is 1. The minimum Gasteiger partial charge on any atom is -0.304 e. The van der Waals surface area contributed by atoms with Crippen LogP contribution in [-0.4, -0.2) is 52.8 Å². The molecule has 0 atom stereocenters. The van der Waals surface area contributed by atoms with E-state index in [1.54, 1.807) is 0 Å². The van der Waals surface area contributed by atoms with Gasteiger partial charge >= 0.3 is 0 Å². The normalized spacial score (nSPS) is 15.1. The van der Waals surface area contributed by atoms with E-state index in [9.17, 15) is 4.39 Å². The molecule has 2 heterocycles. The van der Waals surface area contributed by atoms with Crippen molar-refractivity contribution in [3.63, 3.8) is 0 Å². The summed E-state index contributed by atoms with van der Waals surface area (Å²) in [5.41, 5.74) is 7.92. The molecule has 168 valence electrons. The lowest BCUT2D eigenvalue weighted by Crippen LogP contribution is -2.43. The van der Waals surface area contributed by atoms with Crippen LogP contribution in [0.1, 0.15) is 11.1 Å². The van der Waals surface area contributed by atoms with Crippen LogP contribution in [0.15, 0.2) is 79.0 Å². The fourth-order valence-corrected chi connectivity index (χ4v) is 4.50. The van der Waals surface area contributed by atoms with Crippen LogP contribution in [0, 0.1) is 12.7 Å². The standard InChI is InChI=1S/C28H29FN4/c1-21-5-3-4-6-27(21)28-24(20-32-17-15-31(2)16-18-32)19-30-33(28)26-13-9-23(10-14-26)22-7-11-25(29)12-8-22/h3-14,19H,15-18,20H2,1-2H3. The van der Waals surface area contributed by atoms with Gasteiger partial charge in [0.05, 0.1) is 17.6 Å². The Balaban J connectivity index is 1.51. The molecule has 0 saturated carbocycles. The molecular weight excluding hydrogens is 411 g/mol. The number of aromatic nitrogens is 2. The number of nitrogens with zero attached hydrogens (tertiary/aromatic N) is 4. The van der Waals surface area contributed by atoms with Crippen LogP contribution in [0.25, 0.3) is 28.1 Å². The second-order valence-corrected chi connectivity index (χ2v) is 8.88. The summed E-state index contributed by atoms with van der Waals surface area (Å²) >= 11 is 0. The van der Waals surface area contributed by atoms with Gasteiger partial charge in [-0.2, -0.15) is 5.10 Å². The maximum Gasteiger partial charge on any atom is 0.123 e. The van der Waals surface area contributed by atoms with Gasteiger partial charge < -0.3 is 4.90 Å². The maximum atomic E-state index is 13.3. The van der Waals surface area contributed by atoms with E-state index in [1.165, 1.54) is 28.8 Å². The second kappa shape index (κ2) is 9.30. The molecule has 0 amide bonds. The molecule has 5 heteroatoms. The number of benzene rings is 3. The van der Waals surface area contributed by atoms with E-state index in [4.69, 9.17) is 5.10 Å².